The smallest absolute Gasteiger partial charge is 0.267 e. The molecule has 36 heavy (non-hydrogen) atoms. The Hall–Kier alpha value is -3.10. The summed E-state index contributed by atoms with van der Waals surface area (Å²) in [7, 11) is 1.61. The van der Waals surface area contributed by atoms with Crippen molar-refractivity contribution in [3.05, 3.63) is 74.4 Å². The number of nitrogens with zero attached hydrogens (tertiary/aromatic N) is 2. The van der Waals surface area contributed by atoms with Crippen LogP contribution in [0.1, 0.15) is 41.8 Å². The van der Waals surface area contributed by atoms with E-state index in [1.54, 1.807) is 23.0 Å². The molecule has 0 aliphatic heterocycles. The first-order valence-electron chi connectivity index (χ1n) is 12.1. The Bertz CT molecular complexity index is 1460. The first kappa shape index (κ1) is 26.0. The maximum atomic E-state index is 13.8. The normalized spacial score (nSPS) is 11.1. The van der Waals surface area contributed by atoms with E-state index in [9.17, 15) is 9.59 Å². The number of hydrogen-bond acceptors (Lipinski definition) is 6. The number of aromatic nitrogens is 2. The molecule has 0 aliphatic rings. The van der Waals surface area contributed by atoms with Gasteiger partial charge in [0.2, 0.25) is 5.91 Å². The van der Waals surface area contributed by atoms with Gasteiger partial charge in [-0.25, -0.2) is 4.98 Å². The summed E-state index contributed by atoms with van der Waals surface area (Å²) in [5.74, 6) is 0.711. The molecule has 0 saturated heterocycles. The number of thiophene rings is 1. The Morgan fingerprint density at radius 1 is 1.14 bits per heavy atom. The monoisotopic (exact) mass is 521 g/mol. The molecule has 1 N–H and O–H groups in total. The van der Waals surface area contributed by atoms with Crippen molar-refractivity contribution in [2.24, 2.45) is 0 Å². The van der Waals surface area contributed by atoms with Crippen molar-refractivity contribution in [1.82, 2.24) is 9.55 Å². The number of carbonyl (C=O) groups excluding carboxylic acids is 1. The van der Waals surface area contributed by atoms with E-state index in [0.717, 1.165) is 46.5 Å². The van der Waals surface area contributed by atoms with E-state index in [0.29, 0.717) is 22.0 Å². The van der Waals surface area contributed by atoms with Gasteiger partial charge in [0, 0.05) is 10.6 Å². The molecule has 0 fully saturated rings. The summed E-state index contributed by atoms with van der Waals surface area (Å²) in [5.41, 5.74) is 4.56. The second kappa shape index (κ2) is 11.3. The van der Waals surface area contributed by atoms with E-state index in [2.05, 4.69) is 19.2 Å². The Labute approximate surface area is 219 Å². The summed E-state index contributed by atoms with van der Waals surface area (Å²) in [5, 5.41) is 4.22. The second-order valence-corrected chi connectivity index (χ2v) is 10.6. The number of ether oxygens (including phenoxy) is 1. The second-order valence-electron chi connectivity index (χ2n) is 8.61. The van der Waals surface area contributed by atoms with Crippen molar-refractivity contribution in [2.75, 3.05) is 18.2 Å². The van der Waals surface area contributed by atoms with Crippen molar-refractivity contribution in [3.8, 4) is 11.4 Å². The van der Waals surface area contributed by atoms with Crippen LogP contribution in [0.4, 0.5) is 5.69 Å². The van der Waals surface area contributed by atoms with Crippen LogP contribution in [0.15, 0.2) is 52.4 Å². The van der Waals surface area contributed by atoms with Crippen LogP contribution in [0.5, 0.6) is 5.75 Å². The molecule has 8 heteroatoms. The summed E-state index contributed by atoms with van der Waals surface area (Å²) < 4.78 is 6.90. The molecule has 0 aliphatic carbocycles. The fourth-order valence-corrected chi connectivity index (χ4v) is 6.37. The number of hydrogen-bond donors (Lipinski definition) is 1. The maximum absolute atomic E-state index is 13.8. The minimum absolute atomic E-state index is 0.114. The zero-order chi connectivity index (χ0) is 25.8. The van der Waals surface area contributed by atoms with Gasteiger partial charge in [-0.2, -0.15) is 0 Å². The van der Waals surface area contributed by atoms with E-state index in [1.165, 1.54) is 16.6 Å². The number of benzene rings is 2. The molecular weight excluding hydrogens is 490 g/mol. The third kappa shape index (κ3) is 5.20. The molecule has 0 unspecified atom stereocenters. The molecular formula is C28H31N3O3S2. The van der Waals surface area contributed by atoms with E-state index >= 15 is 0 Å². The van der Waals surface area contributed by atoms with Crippen molar-refractivity contribution < 1.29 is 9.53 Å². The van der Waals surface area contributed by atoms with Crippen molar-refractivity contribution in [2.45, 2.75) is 52.1 Å². The number of methoxy groups -OCH3 is 1. The highest BCUT2D eigenvalue weighted by atomic mass is 32.2. The predicted octanol–water partition coefficient (Wildman–Crippen LogP) is 6.32. The quantitative estimate of drug-likeness (QED) is 0.206. The van der Waals surface area contributed by atoms with Crippen LogP contribution < -0.4 is 15.6 Å². The maximum Gasteiger partial charge on any atom is 0.267 e. The first-order chi connectivity index (χ1) is 17.4. The average Bonchev–Trinajstić information content (AvgIpc) is 3.19. The van der Waals surface area contributed by atoms with Crippen LogP contribution in [0.2, 0.25) is 0 Å². The number of thioether (sulfide) groups is 1. The highest BCUT2D eigenvalue weighted by Gasteiger charge is 2.20. The molecule has 4 aromatic rings. The average molecular weight is 522 g/mol. The van der Waals surface area contributed by atoms with Crippen LogP contribution >= 0.6 is 23.1 Å². The van der Waals surface area contributed by atoms with Crippen LogP contribution in [-0.4, -0.2) is 28.3 Å². The molecule has 0 saturated carbocycles. The summed E-state index contributed by atoms with van der Waals surface area (Å²) in [6.07, 6.45) is 2.74. The van der Waals surface area contributed by atoms with Gasteiger partial charge in [0.15, 0.2) is 5.16 Å². The standard InChI is InChI=1S/C28H31N3O3S2/c1-6-9-22-18(4)24-26(36-22)30-28(31(27(24)33)20-12-14-21(34-5)15-13-20)35-16-23(32)29-25-17(3)10-8-11-19(25)7-2/h8,10-15H,6-7,9,16H2,1-5H3,(H,29,32). The van der Waals surface area contributed by atoms with Gasteiger partial charge in [-0.05, 0) is 67.6 Å². The molecule has 2 heterocycles. The van der Waals surface area contributed by atoms with Crippen LogP contribution in [0.25, 0.3) is 15.9 Å². The van der Waals surface area contributed by atoms with Crippen LogP contribution in [0.3, 0.4) is 0 Å². The number of aryl methyl sites for hydroxylation is 4. The zero-order valence-electron chi connectivity index (χ0n) is 21.3. The number of carbonyl (C=O) groups is 1. The van der Waals surface area contributed by atoms with Gasteiger partial charge in [-0.1, -0.05) is 50.2 Å². The lowest BCUT2D eigenvalue weighted by atomic mass is 10.1. The van der Waals surface area contributed by atoms with Crippen LogP contribution in [0, 0.1) is 13.8 Å². The van der Waals surface area contributed by atoms with E-state index in [-0.39, 0.29) is 17.2 Å². The molecule has 0 atom stereocenters. The molecule has 188 valence electrons. The van der Waals surface area contributed by atoms with Crippen molar-refractivity contribution in [3.63, 3.8) is 0 Å². The third-order valence-electron chi connectivity index (χ3n) is 6.18. The fourth-order valence-electron chi connectivity index (χ4n) is 4.24. The van der Waals surface area contributed by atoms with E-state index in [1.807, 2.05) is 56.3 Å². The minimum Gasteiger partial charge on any atom is -0.497 e. The van der Waals surface area contributed by atoms with Crippen molar-refractivity contribution in [1.29, 1.82) is 0 Å². The predicted molar refractivity (Wildman–Crippen MR) is 150 cm³/mol. The zero-order valence-corrected chi connectivity index (χ0v) is 22.9. The van der Waals surface area contributed by atoms with Gasteiger partial charge in [0.25, 0.3) is 5.56 Å². The van der Waals surface area contributed by atoms with Gasteiger partial charge in [-0.3, -0.25) is 14.2 Å². The molecule has 2 aromatic heterocycles. The fraction of sp³-hybridized carbons (Fsp3) is 0.321. The number of fused-ring (bicyclic) bond motifs is 1. The molecule has 0 radical (unpaired) electrons. The third-order valence-corrected chi connectivity index (χ3v) is 8.36. The Kier molecular flexibility index (Phi) is 8.16. The Balaban J connectivity index is 1.72. The van der Waals surface area contributed by atoms with Crippen molar-refractivity contribution >= 4 is 44.9 Å². The van der Waals surface area contributed by atoms with Gasteiger partial charge in [0.05, 0.1) is 23.9 Å². The molecule has 2 aromatic carbocycles. The summed E-state index contributed by atoms with van der Waals surface area (Å²) in [4.78, 5) is 33.5. The van der Waals surface area contributed by atoms with E-state index in [4.69, 9.17) is 9.72 Å². The molecule has 4 rings (SSSR count). The Morgan fingerprint density at radius 2 is 1.89 bits per heavy atom. The molecule has 1 amide bonds. The largest absolute Gasteiger partial charge is 0.497 e. The lowest BCUT2D eigenvalue weighted by molar-refractivity contribution is -0.113. The number of nitrogens with one attached hydrogen (secondary N) is 1. The number of anilines is 1. The topological polar surface area (TPSA) is 73.2 Å². The summed E-state index contributed by atoms with van der Waals surface area (Å²) in [6, 6.07) is 13.3. The van der Waals surface area contributed by atoms with Gasteiger partial charge in [-0.15, -0.1) is 11.3 Å². The van der Waals surface area contributed by atoms with Gasteiger partial charge in [0.1, 0.15) is 10.6 Å². The molecule has 0 spiro atoms. The number of amides is 1. The Morgan fingerprint density at radius 3 is 2.56 bits per heavy atom. The summed E-state index contributed by atoms with van der Waals surface area (Å²) in [6.45, 7) is 8.19. The highest BCUT2D eigenvalue weighted by Crippen LogP contribution is 2.31. The van der Waals surface area contributed by atoms with E-state index < -0.39 is 0 Å². The summed E-state index contributed by atoms with van der Waals surface area (Å²) >= 11 is 2.84. The number of para-hydroxylation sites is 1. The number of rotatable bonds is 9. The lowest BCUT2D eigenvalue weighted by Crippen LogP contribution is -2.23. The SMILES string of the molecule is CCCc1sc2nc(SCC(=O)Nc3c(C)cccc3CC)n(-c3ccc(OC)cc3)c(=O)c2c1C. The van der Waals surface area contributed by atoms with Gasteiger partial charge < -0.3 is 10.1 Å². The lowest BCUT2D eigenvalue weighted by Gasteiger charge is -2.14. The van der Waals surface area contributed by atoms with Gasteiger partial charge >= 0.3 is 0 Å². The first-order valence-corrected chi connectivity index (χ1v) is 13.9. The van der Waals surface area contributed by atoms with Crippen LogP contribution in [-0.2, 0) is 17.6 Å². The molecule has 6 nitrogen and oxygen atoms in total. The highest BCUT2D eigenvalue weighted by molar-refractivity contribution is 7.99. The minimum atomic E-state index is -0.131. The molecule has 0 bridgehead atoms.